The molecular weight excluding hydrogens is 326 g/mol. The highest BCUT2D eigenvalue weighted by atomic mass is 32.1. The fourth-order valence-electron chi connectivity index (χ4n) is 2.98. The molecule has 1 saturated heterocycles. The van der Waals surface area contributed by atoms with Gasteiger partial charge in [-0.05, 0) is 24.3 Å². The number of hydrogen-bond acceptors (Lipinski definition) is 6. The largest absolute Gasteiger partial charge is 0.420 e. The van der Waals surface area contributed by atoms with Crippen LogP contribution >= 0.6 is 11.3 Å². The molecule has 8 heteroatoms. The second kappa shape index (κ2) is 6.20. The van der Waals surface area contributed by atoms with Gasteiger partial charge < -0.3 is 9.32 Å². The van der Waals surface area contributed by atoms with Gasteiger partial charge in [-0.3, -0.25) is 9.48 Å². The third-order valence-corrected chi connectivity index (χ3v) is 5.04. The predicted molar refractivity (Wildman–Crippen MR) is 88.7 cm³/mol. The Balaban J connectivity index is 1.50. The van der Waals surface area contributed by atoms with Crippen molar-refractivity contribution in [2.24, 2.45) is 7.05 Å². The van der Waals surface area contributed by atoms with Gasteiger partial charge in [0.05, 0.1) is 22.6 Å². The van der Waals surface area contributed by atoms with E-state index in [1.807, 2.05) is 22.4 Å². The Hall–Kier alpha value is -2.48. The van der Waals surface area contributed by atoms with Crippen LogP contribution < -0.4 is 0 Å². The molecule has 3 aromatic heterocycles. The zero-order valence-electron chi connectivity index (χ0n) is 13.3. The van der Waals surface area contributed by atoms with Crippen LogP contribution in [0.3, 0.4) is 0 Å². The van der Waals surface area contributed by atoms with Crippen LogP contribution in [-0.4, -0.2) is 43.9 Å². The van der Waals surface area contributed by atoms with Crippen molar-refractivity contribution < 1.29 is 9.21 Å². The Morgan fingerprint density at radius 2 is 2.33 bits per heavy atom. The summed E-state index contributed by atoms with van der Waals surface area (Å²) in [5, 5.41) is 14.4. The van der Waals surface area contributed by atoms with Gasteiger partial charge in [-0.15, -0.1) is 21.5 Å². The number of piperidine rings is 1. The topological polar surface area (TPSA) is 77.0 Å². The molecule has 4 heterocycles. The van der Waals surface area contributed by atoms with Crippen LogP contribution in [0, 0.1) is 0 Å². The maximum atomic E-state index is 12.6. The Labute approximate surface area is 142 Å². The zero-order valence-corrected chi connectivity index (χ0v) is 14.1. The highest BCUT2D eigenvalue weighted by Gasteiger charge is 2.29. The van der Waals surface area contributed by atoms with Crippen LogP contribution in [0.4, 0.5) is 0 Å². The molecule has 0 bridgehead atoms. The third-order valence-electron chi connectivity index (χ3n) is 4.18. The van der Waals surface area contributed by atoms with Crippen molar-refractivity contribution >= 4 is 17.2 Å². The van der Waals surface area contributed by atoms with E-state index in [1.54, 1.807) is 35.5 Å². The van der Waals surface area contributed by atoms with Crippen molar-refractivity contribution in [3.05, 3.63) is 41.4 Å². The van der Waals surface area contributed by atoms with E-state index >= 15 is 0 Å². The fraction of sp³-hybridized carbons (Fsp3) is 0.375. The van der Waals surface area contributed by atoms with Crippen molar-refractivity contribution in [3.8, 4) is 10.8 Å². The number of rotatable bonds is 3. The van der Waals surface area contributed by atoms with Crippen molar-refractivity contribution in [1.82, 2.24) is 24.9 Å². The van der Waals surface area contributed by atoms with E-state index in [0.29, 0.717) is 23.9 Å². The van der Waals surface area contributed by atoms with Gasteiger partial charge in [0, 0.05) is 26.3 Å². The van der Waals surface area contributed by atoms with E-state index in [4.69, 9.17) is 4.42 Å². The van der Waals surface area contributed by atoms with Gasteiger partial charge in [-0.1, -0.05) is 6.07 Å². The molecule has 24 heavy (non-hydrogen) atoms. The van der Waals surface area contributed by atoms with Crippen LogP contribution in [0.5, 0.6) is 0 Å². The molecule has 0 N–H and O–H groups in total. The molecular formula is C16H17N5O2S. The average molecular weight is 343 g/mol. The summed E-state index contributed by atoms with van der Waals surface area (Å²) in [6.45, 7) is 1.34. The smallest absolute Gasteiger partial charge is 0.257 e. The summed E-state index contributed by atoms with van der Waals surface area (Å²) in [4.78, 5) is 15.4. The minimum absolute atomic E-state index is 0.00537. The number of hydrogen-bond donors (Lipinski definition) is 0. The van der Waals surface area contributed by atoms with Gasteiger partial charge in [0.15, 0.2) is 0 Å². The molecule has 124 valence electrons. The number of carbonyl (C=O) groups excluding carboxylic acids is 1. The normalized spacial score (nSPS) is 18.0. The first-order valence-corrected chi connectivity index (χ1v) is 8.74. The Bertz CT molecular complexity index is 838. The number of nitrogens with zero attached hydrogens (tertiary/aromatic N) is 5. The first kappa shape index (κ1) is 15.1. The first-order valence-electron chi connectivity index (χ1n) is 7.86. The maximum absolute atomic E-state index is 12.6. The van der Waals surface area contributed by atoms with Gasteiger partial charge in [-0.2, -0.15) is 5.10 Å². The Kier molecular flexibility index (Phi) is 3.89. The van der Waals surface area contributed by atoms with E-state index in [1.165, 1.54) is 0 Å². The Morgan fingerprint density at radius 1 is 1.42 bits per heavy atom. The van der Waals surface area contributed by atoms with Crippen molar-refractivity contribution in [2.75, 3.05) is 13.1 Å². The molecule has 0 radical (unpaired) electrons. The number of likely N-dealkylation sites (tertiary alicyclic amines) is 1. The molecule has 3 aromatic rings. The quantitative estimate of drug-likeness (QED) is 0.730. The maximum Gasteiger partial charge on any atom is 0.257 e. The summed E-state index contributed by atoms with van der Waals surface area (Å²) in [5.74, 6) is 1.25. The summed E-state index contributed by atoms with van der Waals surface area (Å²) < 4.78 is 7.48. The molecule has 1 aliphatic rings. The molecule has 1 amide bonds. The number of amides is 1. The minimum Gasteiger partial charge on any atom is -0.420 e. The molecule has 0 aromatic carbocycles. The monoisotopic (exact) mass is 343 g/mol. The Morgan fingerprint density at radius 3 is 3.08 bits per heavy atom. The lowest BCUT2D eigenvalue weighted by Gasteiger charge is -2.30. The molecule has 7 nitrogen and oxygen atoms in total. The van der Waals surface area contributed by atoms with Crippen molar-refractivity contribution in [2.45, 2.75) is 18.8 Å². The molecule has 4 rings (SSSR count). The van der Waals surface area contributed by atoms with Crippen LogP contribution in [0.25, 0.3) is 10.8 Å². The number of thiophene rings is 1. The van der Waals surface area contributed by atoms with Gasteiger partial charge in [-0.25, -0.2) is 0 Å². The molecule has 0 unspecified atom stereocenters. The lowest BCUT2D eigenvalue weighted by atomic mass is 9.97. The SMILES string of the molecule is Cn1cc(C(=O)N2CCC[C@@H](c3nnc(-c4cccs4)o3)C2)cn1. The fourth-order valence-corrected chi connectivity index (χ4v) is 3.62. The van der Waals surface area contributed by atoms with Gasteiger partial charge in [0.25, 0.3) is 11.8 Å². The molecule has 0 spiro atoms. The van der Waals surface area contributed by atoms with Gasteiger partial charge in [0.1, 0.15) is 0 Å². The van der Waals surface area contributed by atoms with Crippen LogP contribution in [0.2, 0.25) is 0 Å². The minimum atomic E-state index is 0.00537. The summed E-state index contributed by atoms with van der Waals surface area (Å²) in [6, 6.07) is 3.92. The molecule has 0 aliphatic carbocycles. The van der Waals surface area contributed by atoms with E-state index in [2.05, 4.69) is 15.3 Å². The lowest BCUT2D eigenvalue weighted by Crippen LogP contribution is -2.39. The first-order chi connectivity index (χ1) is 11.7. The van der Waals surface area contributed by atoms with Crippen molar-refractivity contribution in [3.63, 3.8) is 0 Å². The summed E-state index contributed by atoms with van der Waals surface area (Å²) in [6.07, 6.45) is 5.22. The van der Waals surface area contributed by atoms with Gasteiger partial charge in [0.2, 0.25) is 5.89 Å². The molecule has 0 saturated carbocycles. The second-order valence-corrected chi connectivity index (χ2v) is 6.86. The predicted octanol–water partition coefficient (Wildman–Crippen LogP) is 2.55. The van der Waals surface area contributed by atoms with E-state index in [-0.39, 0.29) is 11.8 Å². The summed E-state index contributed by atoms with van der Waals surface area (Å²) in [7, 11) is 1.81. The van der Waals surface area contributed by atoms with Crippen molar-refractivity contribution in [1.29, 1.82) is 0 Å². The lowest BCUT2D eigenvalue weighted by molar-refractivity contribution is 0.0698. The van der Waals surface area contributed by atoms with E-state index in [0.717, 1.165) is 24.3 Å². The third kappa shape index (κ3) is 2.84. The molecule has 1 fully saturated rings. The van der Waals surface area contributed by atoms with E-state index in [9.17, 15) is 4.79 Å². The van der Waals surface area contributed by atoms with E-state index < -0.39 is 0 Å². The summed E-state index contributed by atoms with van der Waals surface area (Å²) >= 11 is 1.57. The molecule has 1 aliphatic heterocycles. The summed E-state index contributed by atoms with van der Waals surface area (Å²) in [5.41, 5.74) is 0.614. The highest BCUT2D eigenvalue weighted by molar-refractivity contribution is 7.13. The second-order valence-electron chi connectivity index (χ2n) is 5.92. The number of carbonyl (C=O) groups is 1. The van der Waals surface area contributed by atoms with Crippen LogP contribution in [-0.2, 0) is 7.05 Å². The highest BCUT2D eigenvalue weighted by Crippen LogP contribution is 2.30. The standard InChI is InChI=1S/C16H17N5O2S/c1-20-9-12(8-17-20)16(22)21-6-2-4-11(10-21)14-18-19-15(23-14)13-5-3-7-24-13/h3,5,7-9,11H,2,4,6,10H2,1H3/t11-/m1/s1. The van der Waals surface area contributed by atoms with Crippen LogP contribution in [0.1, 0.15) is 35.0 Å². The number of aromatic nitrogens is 4. The van der Waals surface area contributed by atoms with Crippen LogP contribution in [0.15, 0.2) is 34.3 Å². The number of aryl methyl sites for hydroxylation is 1. The molecule has 1 atom stereocenters. The average Bonchev–Trinajstić information content (AvgIpc) is 3.35. The zero-order chi connectivity index (χ0) is 16.5. The van der Waals surface area contributed by atoms with Gasteiger partial charge >= 0.3 is 0 Å².